The third-order valence-corrected chi connectivity index (χ3v) is 2.56. The second kappa shape index (κ2) is 5.61. The molecular weight excluding hydrogens is 188 g/mol. The first-order valence-corrected chi connectivity index (χ1v) is 5.42. The average molecular weight is 208 g/mol. The van der Waals surface area contributed by atoms with Crippen LogP contribution in [0.1, 0.15) is 25.3 Å². The monoisotopic (exact) mass is 208 g/mol. The predicted octanol–water partition coefficient (Wildman–Crippen LogP) is 2.15. The summed E-state index contributed by atoms with van der Waals surface area (Å²) < 4.78 is 0. The van der Waals surface area contributed by atoms with Crippen molar-refractivity contribution in [3.63, 3.8) is 0 Å². The molecule has 0 fully saturated rings. The van der Waals surface area contributed by atoms with Gasteiger partial charge in [0.1, 0.15) is 0 Å². The molecule has 0 aliphatic carbocycles. The summed E-state index contributed by atoms with van der Waals surface area (Å²) in [6.45, 7) is 4.76. The molecule has 4 N–H and O–H groups in total. The van der Waals surface area contributed by atoms with Gasteiger partial charge < -0.3 is 16.2 Å². The zero-order chi connectivity index (χ0) is 11.3. The summed E-state index contributed by atoms with van der Waals surface area (Å²) in [5.41, 5.74) is 8.74. The number of nitrogen functional groups attached to an aromatic ring is 1. The molecule has 0 radical (unpaired) electrons. The van der Waals surface area contributed by atoms with E-state index >= 15 is 0 Å². The first-order valence-electron chi connectivity index (χ1n) is 5.42. The zero-order valence-corrected chi connectivity index (χ0v) is 9.46. The molecule has 3 nitrogen and oxygen atoms in total. The minimum Gasteiger partial charge on any atom is -0.397 e. The number of rotatable bonds is 5. The van der Waals surface area contributed by atoms with Crippen molar-refractivity contribution in [2.45, 2.75) is 32.8 Å². The fraction of sp³-hybridized carbons (Fsp3) is 0.500. The van der Waals surface area contributed by atoms with Crippen LogP contribution in [0.3, 0.4) is 0 Å². The number of anilines is 2. The van der Waals surface area contributed by atoms with Crippen molar-refractivity contribution in [2.24, 2.45) is 0 Å². The van der Waals surface area contributed by atoms with E-state index in [-0.39, 0.29) is 6.10 Å². The van der Waals surface area contributed by atoms with Crippen molar-refractivity contribution in [3.05, 3.63) is 23.8 Å². The van der Waals surface area contributed by atoms with Crippen LogP contribution in [0.4, 0.5) is 11.4 Å². The predicted molar refractivity (Wildman–Crippen MR) is 65.0 cm³/mol. The van der Waals surface area contributed by atoms with Crippen LogP contribution in [0.2, 0.25) is 0 Å². The molecule has 15 heavy (non-hydrogen) atoms. The highest BCUT2D eigenvalue weighted by Gasteiger charge is 2.03. The Kier molecular flexibility index (Phi) is 4.43. The van der Waals surface area contributed by atoms with E-state index in [2.05, 4.69) is 5.32 Å². The highest BCUT2D eigenvalue weighted by atomic mass is 16.3. The Bertz CT molecular complexity index is 292. The molecule has 0 saturated heterocycles. The number of benzene rings is 1. The molecule has 0 bridgehead atoms. The van der Waals surface area contributed by atoms with Crippen LogP contribution in [0.5, 0.6) is 0 Å². The molecular formula is C12H20N2O. The zero-order valence-electron chi connectivity index (χ0n) is 9.46. The summed E-state index contributed by atoms with van der Waals surface area (Å²) in [5, 5.41) is 12.7. The SMILES string of the molecule is CCC(O)CCNc1c(C)cccc1N. The number of aliphatic hydroxyl groups excluding tert-OH is 1. The summed E-state index contributed by atoms with van der Waals surface area (Å²) in [6.07, 6.45) is 1.33. The van der Waals surface area contributed by atoms with E-state index in [1.807, 2.05) is 32.0 Å². The summed E-state index contributed by atoms with van der Waals surface area (Å²) in [5.74, 6) is 0. The maximum Gasteiger partial charge on any atom is 0.0603 e. The van der Waals surface area contributed by atoms with Crippen molar-refractivity contribution in [1.82, 2.24) is 0 Å². The Morgan fingerprint density at radius 3 is 2.80 bits per heavy atom. The first-order chi connectivity index (χ1) is 7.15. The van der Waals surface area contributed by atoms with Crippen molar-refractivity contribution < 1.29 is 5.11 Å². The molecule has 0 amide bonds. The highest BCUT2D eigenvalue weighted by molar-refractivity contribution is 5.69. The van der Waals surface area contributed by atoms with E-state index in [9.17, 15) is 5.11 Å². The molecule has 0 aromatic heterocycles. The van der Waals surface area contributed by atoms with Crippen LogP contribution < -0.4 is 11.1 Å². The highest BCUT2D eigenvalue weighted by Crippen LogP contribution is 2.22. The molecule has 3 heteroatoms. The summed E-state index contributed by atoms with van der Waals surface area (Å²) in [7, 11) is 0. The molecule has 1 unspecified atom stereocenters. The van der Waals surface area contributed by atoms with Crippen molar-refractivity contribution >= 4 is 11.4 Å². The molecule has 1 atom stereocenters. The number of nitrogens with one attached hydrogen (secondary N) is 1. The number of hydrogen-bond donors (Lipinski definition) is 3. The number of para-hydroxylation sites is 1. The van der Waals surface area contributed by atoms with Gasteiger partial charge in [0.15, 0.2) is 0 Å². The van der Waals surface area contributed by atoms with Gasteiger partial charge >= 0.3 is 0 Å². The standard InChI is InChI=1S/C12H20N2O/c1-3-10(15)7-8-14-12-9(2)5-4-6-11(12)13/h4-6,10,14-15H,3,7-8,13H2,1-2H3. The van der Waals surface area contributed by atoms with E-state index in [1.165, 1.54) is 0 Å². The van der Waals surface area contributed by atoms with E-state index < -0.39 is 0 Å². The Morgan fingerprint density at radius 1 is 1.47 bits per heavy atom. The van der Waals surface area contributed by atoms with Gasteiger partial charge in [-0.2, -0.15) is 0 Å². The average Bonchev–Trinajstić information content (AvgIpc) is 2.22. The fourth-order valence-electron chi connectivity index (χ4n) is 1.50. The van der Waals surface area contributed by atoms with Crippen LogP contribution in [0.15, 0.2) is 18.2 Å². The number of hydrogen-bond acceptors (Lipinski definition) is 3. The van der Waals surface area contributed by atoms with E-state index in [0.29, 0.717) is 0 Å². The molecule has 0 aliphatic rings. The van der Waals surface area contributed by atoms with Gasteiger partial charge in [0, 0.05) is 6.54 Å². The van der Waals surface area contributed by atoms with E-state index in [4.69, 9.17) is 5.73 Å². The molecule has 84 valence electrons. The van der Waals surface area contributed by atoms with Crippen LogP contribution in [0.25, 0.3) is 0 Å². The number of aryl methyl sites for hydroxylation is 1. The van der Waals surface area contributed by atoms with Crippen LogP contribution >= 0.6 is 0 Å². The van der Waals surface area contributed by atoms with Crippen LogP contribution in [0, 0.1) is 6.92 Å². The second-order valence-corrected chi connectivity index (χ2v) is 3.82. The van der Waals surface area contributed by atoms with Crippen molar-refractivity contribution in [3.8, 4) is 0 Å². The summed E-state index contributed by atoms with van der Waals surface area (Å²) in [4.78, 5) is 0. The summed E-state index contributed by atoms with van der Waals surface area (Å²) in [6, 6.07) is 5.84. The minimum atomic E-state index is -0.220. The maximum absolute atomic E-state index is 9.40. The Morgan fingerprint density at radius 2 is 2.20 bits per heavy atom. The Hall–Kier alpha value is -1.22. The quantitative estimate of drug-likeness (QED) is 0.650. The summed E-state index contributed by atoms with van der Waals surface area (Å²) >= 11 is 0. The molecule has 0 aliphatic heterocycles. The van der Waals surface area contributed by atoms with Crippen LogP contribution in [-0.2, 0) is 0 Å². The number of aliphatic hydroxyl groups is 1. The van der Waals surface area contributed by atoms with Crippen molar-refractivity contribution in [2.75, 3.05) is 17.6 Å². The second-order valence-electron chi connectivity index (χ2n) is 3.82. The van der Waals surface area contributed by atoms with Gasteiger partial charge in [-0.3, -0.25) is 0 Å². The molecule has 0 spiro atoms. The smallest absolute Gasteiger partial charge is 0.0603 e. The van der Waals surface area contributed by atoms with E-state index in [0.717, 1.165) is 36.3 Å². The Labute approximate surface area is 91.3 Å². The van der Waals surface area contributed by atoms with Gasteiger partial charge in [-0.15, -0.1) is 0 Å². The fourth-order valence-corrected chi connectivity index (χ4v) is 1.50. The lowest BCUT2D eigenvalue weighted by molar-refractivity contribution is 0.164. The number of nitrogens with two attached hydrogens (primary N) is 1. The largest absolute Gasteiger partial charge is 0.397 e. The Balaban J connectivity index is 2.50. The van der Waals surface area contributed by atoms with Gasteiger partial charge in [0.25, 0.3) is 0 Å². The van der Waals surface area contributed by atoms with Gasteiger partial charge in [-0.1, -0.05) is 19.1 Å². The topological polar surface area (TPSA) is 58.3 Å². The van der Waals surface area contributed by atoms with Gasteiger partial charge in [-0.05, 0) is 31.4 Å². The molecule has 0 saturated carbocycles. The normalized spacial score (nSPS) is 12.5. The van der Waals surface area contributed by atoms with Crippen LogP contribution in [-0.4, -0.2) is 17.8 Å². The third kappa shape index (κ3) is 3.44. The van der Waals surface area contributed by atoms with Crippen molar-refractivity contribution in [1.29, 1.82) is 0 Å². The molecule has 1 rings (SSSR count). The third-order valence-electron chi connectivity index (χ3n) is 2.56. The minimum absolute atomic E-state index is 0.220. The van der Waals surface area contributed by atoms with E-state index in [1.54, 1.807) is 0 Å². The molecule has 1 aromatic carbocycles. The lowest BCUT2D eigenvalue weighted by Gasteiger charge is -2.13. The maximum atomic E-state index is 9.40. The first kappa shape index (κ1) is 11.9. The van der Waals surface area contributed by atoms with Gasteiger partial charge in [-0.25, -0.2) is 0 Å². The van der Waals surface area contributed by atoms with Gasteiger partial charge in [0.2, 0.25) is 0 Å². The molecule has 1 aromatic rings. The molecule has 0 heterocycles. The van der Waals surface area contributed by atoms with Gasteiger partial charge in [0.05, 0.1) is 17.5 Å². The lowest BCUT2D eigenvalue weighted by atomic mass is 10.1. The lowest BCUT2D eigenvalue weighted by Crippen LogP contribution is -2.13.